The lowest BCUT2D eigenvalue weighted by Crippen LogP contribution is -2.48. The van der Waals surface area contributed by atoms with Gasteiger partial charge in [-0.1, -0.05) is 43.2 Å². The Bertz CT molecular complexity index is 916. The highest BCUT2D eigenvalue weighted by Crippen LogP contribution is 2.24. The van der Waals surface area contributed by atoms with Gasteiger partial charge in [0.2, 0.25) is 11.8 Å². The van der Waals surface area contributed by atoms with Crippen molar-refractivity contribution in [3.8, 4) is 5.75 Å². The van der Waals surface area contributed by atoms with E-state index in [1.54, 1.807) is 0 Å². The van der Waals surface area contributed by atoms with Crippen molar-refractivity contribution in [2.75, 3.05) is 31.5 Å². The minimum absolute atomic E-state index is 0.0183. The van der Waals surface area contributed by atoms with Crippen LogP contribution in [0.2, 0.25) is 0 Å². The zero-order valence-electron chi connectivity index (χ0n) is 20.2. The molecule has 2 amide bonds. The first kappa shape index (κ1) is 24.3. The normalized spacial score (nSPS) is 18.7. The summed E-state index contributed by atoms with van der Waals surface area (Å²) in [5, 5.41) is 3.02. The molecule has 6 heteroatoms. The minimum Gasteiger partial charge on any atom is -0.489 e. The highest BCUT2D eigenvalue weighted by molar-refractivity contribution is 5.94. The second-order valence-corrected chi connectivity index (χ2v) is 9.51. The third-order valence-corrected chi connectivity index (χ3v) is 7.09. The van der Waals surface area contributed by atoms with Gasteiger partial charge in [-0.15, -0.1) is 0 Å². The first-order chi connectivity index (χ1) is 16.6. The van der Waals surface area contributed by atoms with Gasteiger partial charge in [0, 0.05) is 24.7 Å². The van der Waals surface area contributed by atoms with E-state index in [0.29, 0.717) is 12.5 Å². The molecule has 0 aromatic heterocycles. The molecular formula is C28H37N3O3. The molecule has 0 unspecified atom stereocenters. The molecule has 1 atom stereocenters. The molecule has 1 N–H and O–H groups in total. The Balaban J connectivity index is 1.22. The second kappa shape index (κ2) is 12.0. The largest absolute Gasteiger partial charge is 0.489 e. The summed E-state index contributed by atoms with van der Waals surface area (Å²) in [5.41, 5.74) is 1.88. The van der Waals surface area contributed by atoms with E-state index in [4.69, 9.17) is 4.74 Å². The summed E-state index contributed by atoms with van der Waals surface area (Å²) < 4.78 is 5.82. The molecule has 2 saturated heterocycles. The molecule has 0 radical (unpaired) electrons. The standard InChI is InChI=1S/C28H37N3O3/c1-22(30-19-15-24(16-20-30)28(33)31-17-7-2-3-8-18-31)27(32)29-25-11-13-26(14-12-25)34-21-23-9-5-4-6-10-23/h4-6,9-14,22,24H,2-3,7-8,15-21H2,1H3,(H,29,32)/t22-/m0/s1. The molecule has 34 heavy (non-hydrogen) atoms. The Hall–Kier alpha value is -2.86. The molecule has 2 fully saturated rings. The summed E-state index contributed by atoms with van der Waals surface area (Å²) in [5.74, 6) is 1.18. The van der Waals surface area contributed by atoms with Crippen molar-refractivity contribution in [2.24, 2.45) is 5.92 Å². The summed E-state index contributed by atoms with van der Waals surface area (Å²) in [6.07, 6.45) is 6.39. The van der Waals surface area contributed by atoms with E-state index in [2.05, 4.69) is 15.1 Å². The lowest BCUT2D eigenvalue weighted by Gasteiger charge is -2.36. The molecule has 0 bridgehead atoms. The molecule has 0 spiro atoms. The number of nitrogens with one attached hydrogen (secondary N) is 1. The molecule has 2 aromatic carbocycles. The van der Waals surface area contributed by atoms with Crippen LogP contribution in [0.15, 0.2) is 54.6 Å². The first-order valence-corrected chi connectivity index (χ1v) is 12.7. The van der Waals surface area contributed by atoms with Crippen molar-refractivity contribution in [1.29, 1.82) is 0 Å². The van der Waals surface area contributed by atoms with Gasteiger partial charge < -0.3 is 15.0 Å². The number of carbonyl (C=O) groups is 2. The van der Waals surface area contributed by atoms with E-state index in [0.717, 1.165) is 68.9 Å². The average molecular weight is 464 g/mol. The van der Waals surface area contributed by atoms with Gasteiger partial charge in [-0.2, -0.15) is 0 Å². The zero-order valence-corrected chi connectivity index (χ0v) is 20.2. The topological polar surface area (TPSA) is 61.9 Å². The second-order valence-electron chi connectivity index (χ2n) is 9.51. The number of likely N-dealkylation sites (tertiary alicyclic amines) is 2. The molecule has 6 nitrogen and oxygen atoms in total. The van der Waals surface area contributed by atoms with Crippen LogP contribution in [0.5, 0.6) is 5.75 Å². The van der Waals surface area contributed by atoms with Gasteiger partial charge in [0.1, 0.15) is 12.4 Å². The van der Waals surface area contributed by atoms with Crippen molar-refractivity contribution >= 4 is 17.5 Å². The van der Waals surface area contributed by atoms with Crippen LogP contribution >= 0.6 is 0 Å². The molecule has 2 heterocycles. The van der Waals surface area contributed by atoms with Crippen LogP contribution in [0.3, 0.4) is 0 Å². The quantitative estimate of drug-likeness (QED) is 0.646. The van der Waals surface area contributed by atoms with Crippen LogP contribution in [-0.2, 0) is 16.2 Å². The SMILES string of the molecule is C[C@@H](C(=O)Nc1ccc(OCc2ccccc2)cc1)N1CCC(C(=O)N2CCCCCC2)CC1. The monoisotopic (exact) mass is 463 g/mol. The molecule has 2 aliphatic heterocycles. The summed E-state index contributed by atoms with van der Waals surface area (Å²) in [7, 11) is 0. The number of hydrogen-bond acceptors (Lipinski definition) is 4. The van der Waals surface area contributed by atoms with Crippen LogP contribution in [0.4, 0.5) is 5.69 Å². The van der Waals surface area contributed by atoms with Gasteiger partial charge in [0.25, 0.3) is 0 Å². The summed E-state index contributed by atoms with van der Waals surface area (Å²) in [6.45, 7) is 5.85. The zero-order chi connectivity index (χ0) is 23.8. The third kappa shape index (κ3) is 6.60. The number of rotatable bonds is 7. The lowest BCUT2D eigenvalue weighted by molar-refractivity contribution is -0.137. The van der Waals surface area contributed by atoms with Crippen LogP contribution in [0, 0.1) is 5.92 Å². The molecule has 0 saturated carbocycles. The van der Waals surface area contributed by atoms with Gasteiger partial charge in [-0.3, -0.25) is 14.5 Å². The fraction of sp³-hybridized carbons (Fsp3) is 0.500. The number of carbonyl (C=O) groups excluding carboxylic acids is 2. The Morgan fingerprint density at radius 2 is 1.56 bits per heavy atom. The maximum Gasteiger partial charge on any atom is 0.241 e. The summed E-state index contributed by atoms with van der Waals surface area (Å²) in [6, 6.07) is 17.3. The van der Waals surface area contributed by atoms with Gasteiger partial charge >= 0.3 is 0 Å². The molecule has 2 aromatic rings. The number of amides is 2. The van der Waals surface area contributed by atoms with Crippen molar-refractivity contribution in [2.45, 2.75) is 58.1 Å². The van der Waals surface area contributed by atoms with Crippen molar-refractivity contribution in [3.05, 3.63) is 60.2 Å². The number of piperidine rings is 1. The van der Waals surface area contributed by atoms with E-state index < -0.39 is 0 Å². The van der Waals surface area contributed by atoms with Gasteiger partial charge in [0.15, 0.2) is 0 Å². The van der Waals surface area contributed by atoms with E-state index in [9.17, 15) is 9.59 Å². The maximum atomic E-state index is 12.9. The number of benzene rings is 2. The van der Waals surface area contributed by atoms with E-state index in [1.807, 2.05) is 61.5 Å². The highest BCUT2D eigenvalue weighted by Gasteiger charge is 2.32. The van der Waals surface area contributed by atoms with Crippen LogP contribution in [-0.4, -0.2) is 53.8 Å². The predicted octanol–water partition coefficient (Wildman–Crippen LogP) is 4.71. The van der Waals surface area contributed by atoms with Crippen LogP contribution in [0.1, 0.15) is 51.0 Å². The Morgan fingerprint density at radius 3 is 2.21 bits per heavy atom. The average Bonchev–Trinajstić information content (AvgIpc) is 3.18. The highest BCUT2D eigenvalue weighted by atomic mass is 16.5. The van der Waals surface area contributed by atoms with Gasteiger partial charge in [-0.05, 0) is 75.5 Å². The fourth-order valence-electron chi connectivity index (χ4n) is 4.87. The van der Waals surface area contributed by atoms with Crippen molar-refractivity contribution in [1.82, 2.24) is 9.80 Å². The predicted molar refractivity (Wildman–Crippen MR) is 135 cm³/mol. The van der Waals surface area contributed by atoms with Gasteiger partial charge in [0.05, 0.1) is 6.04 Å². The number of anilines is 1. The fourth-order valence-corrected chi connectivity index (χ4v) is 4.87. The number of ether oxygens (including phenoxy) is 1. The van der Waals surface area contributed by atoms with E-state index in [1.165, 1.54) is 12.8 Å². The molecule has 0 aliphatic carbocycles. The molecule has 182 valence electrons. The minimum atomic E-state index is -0.233. The van der Waals surface area contributed by atoms with E-state index >= 15 is 0 Å². The summed E-state index contributed by atoms with van der Waals surface area (Å²) in [4.78, 5) is 30.1. The number of nitrogens with zero attached hydrogens (tertiary/aromatic N) is 2. The smallest absolute Gasteiger partial charge is 0.241 e. The molecule has 4 rings (SSSR count). The summed E-state index contributed by atoms with van der Waals surface area (Å²) >= 11 is 0. The maximum absolute atomic E-state index is 12.9. The van der Waals surface area contributed by atoms with Gasteiger partial charge in [-0.25, -0.2) is 0 Å². The van der Waals surface area contributed by atoms with Crippen molar-refractivity contribution in [3.63, 3.8) is 0 Å². The third-order valence-electron chi connectivity index (χ3n) is 7.09. The first-order valence-electron chi connectivity index (χ1n) is 12.7. The van der Waals surface area contributed by atoms with Crippen LogP contribution in [0.25, 0.3) is 0 Å². The van der Waals surface area contributed by atoms with Crippen LogP contribution < -0.4 is 10.1 Å². The Kier molecular flexibility index (Phi) is 8.58. The molecular weight excluding hydrogens is 426 g/mol. The van der Waals surface area contributed by atoms with E-state index in [-0.39, 0.29) is 17.9 Å². The molecule has 2 aliphatic rings. The number of hydrogen-bond donors (Lipinski definition) is 1. The lowest BCUT2D eigenvalue weighted by atomic mass is 9.94. The Labute approximate surface area is 203 Å². The van der Waals surface area contributed by atoms with Crippen molar-refractivity contribution < 1.29 is 14.3 Å². The Morgan fingerprint density at radius 1 is 0.912 bits per heavy atom.